The van der Waals surface area contributed by atoms with E-state index in [0.29, 0.717) is 18.7 Å². The third-order valence-electron chi connectivity index (χ3n) is 5.82. The Hall–Kier alpha value is -3.78. The first kappa shape index (κ1) is 21.1. The number of sulfonamides is 1. The maximum atomic E-state index is 13.0. The fraction of sp³-hybridized carbons (Fsp3) is 0.160. The fourth-order valence-corrected chi connectivity index (χ4v) is 5.83. The molecule has 3 aromatic carbocycles. The average molecular weight is 462 g/mol. The molecule has 1 amide bonds. The number of carbonyl (C=O) groups excluding carboxylic acids is 1. The Kier molecular flexibility index (Phi) is 5.30. The number of nitrogens with one attached hydrogen (secondary N) is 1. The van der Waals surface area contributed by atoms with E-state index < -0.39 is 10.0 Å². The van der Waals surface area contributed by atoms with E-state index in [1.165, 1.54) is 16.4 Å². The minimum Gasteiger partial charge on any atom is -0.506 e. The van der Waals surface area contributed by atoms with E-state index in [-0.39, 0.29) is 29.6 Å². The highest BCUT2D eigenvalue weighted by Gasteiger charge is 2.29. The van der Waals surface area contributed by atoms with Crippen LogP contribution < -0.4 is 9.62 Å². The highest BCUT2D eigenvalue weighted by atomic mass is 32.2. The summed E-state index contributed by atoms with van der Waals surface area (Å²) >= 11 is 0. The van der Waals surface area contributed by atoms with Crippen LogP contribution in [-0.2, 0) is 21.4 Å². The standard InChI is InChI=1S/C25H23N3O4S/c29-24-12-11-20(28-13-6-14-33(28,31)32)16-21(24)26-25(30)17-27-22-10-5-4-9-19(22)15-23(27)18-7-2-1-3-8-18/h1-5,7-12,15-16,29H,6,13-14,17H2,(H,26,30). The van der Waals surface area contributed by atoms with Crippen molar-refractivity contribution in [3.8, 4) is 17.0 Å². The first-order chi connectivity index (χ1) is 15.9. The van der Waals surface area contributed by atoms with E-state index in [9.17, 15) is 18.3 Å². The van der Waals surface area contributed by atoms with Gasteiger partial charge in [0.05, 0.1) is 17.1 Å². The van der Waals surface area contributed by atoms with Crippen LogP contribution in [0.4, 0.5) is 11.4 Å². The molecule has 0 saturated carbocycles. The predicted molar refractivity (Wildman–Crippen MR) is 130 cm³/mol. The molecular formula is C25H23N3O4S. The second-order valence-electron chi connectivity index (χ2n) is 8.03. The molecule has 5 rings (SSSR count). The second-order valence-corrected chi connectivity index (χ2v) is 10.0. The van der Waals surface area contributed by atoms with E-state index in [1.54, 1.807) is 6.07 Å². The molecule has 1 aliphatic rings. The summed E-state index contributed by atoms with van der Waals surface area (Å²) in [4.78, 5) is 13.0. The van der Waals surface area contributed by atoms with Gasteiger partial charge in [-0.25, -0.2) is 8.42 Å². The molecule has 2 heterocycles. The average Bonchev–Trinajstić information content (AvgIpc) is 3.35. The van der Waals surface area contributed by atoms with Crippen LogP contribution in [0.2, 0.25) is 0 Å². The van der Waals surface area contributed by atoms with Crippen LogP contribution in [-0.4, -0.2) is 36.3 Å². The summed E-state index contributed by atoms with van der Waals surface area (Å²) < 4.78 is 27.8. The number of hydrogen-bond donors (Lipinski definition) is 2. The number of hydrogen-bond acceptors (Lipinski definition) is 4. The molecule has 1 aromatic heterocycles. The van der Waals surface area contributed by atoms with Crippen molar-refractivity contribution in [1.82, 2.24) is 4.57 Å². The molecule has 0 spiro atoms. The van der Waals surface area contributed by atoms with Gasteiger partial charge in [0.1, 0.15) is 12.3 Å². The van der Waals surface area contributed by atoms with Gasteiger partial charge in [-0.2, -0.15) is 0 Å². The zero-order chi connectivity index (χ0) is 23.0. The van der Waals surface area contributed by atoms with Crippen molar-refractivity contribution in [2.75, 3.05) is 21.9 Å². The monoisotopic (exact) mass is 461 g/mol. The van der Waals surface area contributed by atoms with Gasteiger partial charge in [-0.3, -0.25) is 9.10 Å². The van der Waals surface area contributed by atoms with Gasteiger partial charge in [-0.15, -0.1) is 0 Å². The van der Waals surface area contributed by atoms with Crippen LogP contribution in [0, 0.1) is 0 Å². The number of anilines is 2. The maximum absolute atomic E-state index is 13.0. The molecule has 168 valence electrons. The molecule has 1 fully saturated rings. The first-order valence-electron chi connectivity index (χ1n) is 10.7. The molecule has 1 saturated heterocycles. The number of benzene rings is 3. The van der Waals surface area contributed by atoms with Gasteiger partial charge in [0.2, 0.25) is 15.9 Å². The van der Waals surface area contributed by atoms with Gasteiger partial charge in [0, 0.05) is 23.1 Å². The van der Waals surface area contributed by atoms with Crippen LogP contribution in [0.5, 0.6) is 5.75 Å². The Bertz CT molecular complexity index is 1450. The van der Waals surface area contributed by atoms with Crippen LogP contribution in [0.3, 0.4) is 0 Å². The summed E-state index contributed by atoms with van der Waals surface area (Å²) in [5.41, 5.74) is 3.43. The zero-order valence-electron chi connectivity index (χ0n) is 17.8. The minimum atomic E-state index is -3.36. The molecular weight excluding hydrogens is 438 g/mol. The molecule has 4 aromatic rings. The number of fused-ring (bicyclic) bond motifs is 1. The molecule has 8 heteroatoms. The second kappa shape index (κ2) is 8.29. The Labute approximate surface area is 191 Å². The molecule has 0 unspecified atom stereocenters. The van der Waals surface area contributed by atoms with Crippen molar-refractivity contribution in [3.05, 3.63) is 78.9 Å². The Balaban J connectivity index is 1.45. The molecule has 0 bridgehead atoms. The highest BCUT2D eigenvalue weighted by molar-refractivity contribution is 7.93. The van der Waals surface area contributed by atoms with Crippen LogP contribution in [0.15, 0.2) is 78.9 Å². The fourth-order valence-electron chi connectivity index (χ4n) is 4.27. The first-order valence-corrected chi connectivity index (χ1v) is 12.3. The summed E-state index contributed by atoms with van der Waals surface area (Å²) in [7, 11) is -3.36. The summed E-state index contributed by atoms with van der Waals surface area (Å²) in [6, 6.07) is 24.2. The van der Waals surface area contributed by atoms with Crippen molar-refractivity contribution in [2.45, 2.75) is 13.0 Å². The number of phenols is 1. The Morgan fingerprint density at radius 3 is 2.48 bits per heavy atom. The molecule has 33 heavy (non-hydrogen) atoms. The van der Waals surface area contributed by atoms with Gasteiger partial charge in [0.15, 0.2) is 0 Å². The quantitative estimate of drug-likeness (QED) is 0.436. The number of aromatic hydroxyl groups is 1. The Morgan fingerprint density at radius 2 is 1.73 bits per heavy atom. The third-order valence-corrected chi connectivity index (χ3v) is 7.69. The van der Waals surface area contributed by atoms with Crippen molar-refractivity contribution in [2.24, 2.45) is 0 Å². The summed E-state index contributed by atoms with van der Waals surface area (Å²) in [6.07, 6.45) is 0.549. The lowest BCUT2D eigenvalue weighted by Gasteiger charge is -2.19. The molecule has 0 aliphatic carbocycles. The minimum absolute atomic E-state index is 0.0312. The summed E-state index contributed by atoms with van der Waals surface area (Å²) in [5.74, 6) is -0.354. The predicted octanol–water partition coefficient (Wildman–Crippen LogP) is 4.19. The summed E-state index contributed by atoms with van der Waals surface area (Å²) in [6.45, 7) is 0.416. The van der Waals surface area contributed by atoms with Crippen molar-refractivity contribution in [1.29, 1.82) is 0 Å². The highest BCUT2D eigenvalue weighted by Crippen LogP contribution is 2.33. The van der Waals surface area contributed by atoms with Gasteiger partial charge in [-0.05, 0) is 42.3 Å². The lowest BCUT2D eigenvalue weighted by Crippen LogP contribution is -2.25. The van der Waals surface area contributed by atoms with Crippen LogP contribution in [0.1, 0.15) is 6.42 Å². The van der Waals surface area contributed by atoms with E-state index in [0.717, 1.165) is 22.2 Å². The SMILES string of the molecule is O=C(Cn1c(-c2ccccc2)cc2ccccc21)Nc1cc(N2CCCS2(=O)=O)ccc1O. The number of rotatable bonds is 5. The van der Waals surface area contributed by atoms with E-state index >= 15 is 0 Å². The maximum Gasteiger partial charge on any atom is 0.244 e. The number of phenolic OH excluding ortho intramolecular Hbond substituents is 1. The van der Waals surface area contributed by atoms with E-state index in [2.05, 4.69) is 5.32 Å². The molecule has 0 atom stereocenters. The van der Waals surface area contributed by atoms with Gasteiger partial charge >= 0.3 is 0 Å². The van der Waals surface area contributed by atoms with E-state index in [1.807, 2.05) is 65.2 Å². The smallest absolute Gasteiger partial charge is 0.244 e. The van der Waals surface area contributed by atoms with Crippen LogP contribution in [0.25, 0.3) is 22.2 Å². The topological polar surface area (TPSA) is 91.6 Å². The van der Waals surface area contributed by atoms with Crippen molar-refractivity contribution in [3.63, 3.8) is 0 Å². The largest absolute Gasteiger partial charge is 0.506 e. The van der Waals surface area contributed by atoms with Gasteiger partial charge in [-0.1, -0.05) is 48.5 Å². The lowest BCUT2D eigenvalue weighted by atomic mass is 10.1. The number of carbonyl (C=O) groups is 1. The Morgan fingerprint density at radius 1 is 0.970 bits per heavy atom. The van der Waals surface area contributed by atoms with Crippen molar-refractivity contribution >= 4 is 38.2 Å². The third kappa shape index (κ3) is 4.05. The molecule has 1 aliphatic heterocycles. The number of amides is 1. The lowest BCUT2D eigenvalue weighted by molar-refractivity contribution is -0.116. The van der Waals surface area contributed by atoms with Crippen LogP contribution >= 0.6 is 0 Å². The van der Waals surface area contributed by atoms with Gasteiger partial charge < -0.3 is 15.0 Å². The number of para-hydroxylation sites is 1. The normalized spacial score (nSPS) is 15.1. The molecule has 0 radical (unpaired) electrons. The summed E-state index contributed by atoms with van der Waals surface area (Å²) in [5, 5.41) is 14.1. The number of aromatic nitrogens is 1. The molecule has 2 N–H and O–H groups in total. The van der Waals surface area contributed by atoms with E-state index in [4.69, 9.17) is 0 Å². The van der Waals surface area contributed by atoms with Crippen molar-refractivity contribution < 1.29 is 18.3 Å². The van der Waals surface area contributed by atoms with Gasteiger partial charge in [0.25, 0.3) is 0 Å². The number of nitrogens with zero attached hydrogens (tertiary/aromatic N) is 2. The zero-order valence-corrected chi connectivity index (χ0v) is 18.6. The molecule has 7 nitrogen and oxygen atoms in total.